The lowest BCUT2D eigenvalue weighted by Crippen LogP contribution is -2.30. The topological polar surface area (TPSA) is 24.8 Å². The summed E-state index contributed by atoms with van der Waals surface area (Å²) < 4.78 is 5.24. The summed E-state index contributed by atoms with van der Waals surface area (Å²) in [7, 11) is 1.69. The standard InChI is InChI=1S/C19H21ClN2OS/c1-23-17-9-7-15(8-10-17)13-22(19-21-11-4-12-24-19)14-16-5-2-3-6-18(16)20/h2-3,5-10H,4,11-14H2,1H3. The van der Waals surface area contributed by atoms with Gasteiger partial charge in [-0.3, -0.25) is 4.99 Å². The van der Waals surface area contributed by atoms with E-state index in [1.165, 1.54) is 5.56 Å². The van der Waals surface area contributed by atoms with Gasteiger partial charge in [-0.2, -0.15) is 0 Å². The van der Waals surface area contributed by atoms with Crippen LogP contribution in [0.4, 0.5) is 0 Å². The van der Waals surface area contributed by atoms with Crippen LogP contribution in [0.15, 0.2) is 53.5 Å². The lowest BCUT2D eigenvalue weighted by molar-refractivity contribution is 0.407. The van der Waals surface area contributed by atoms with Gasteiger partial charge in [0, 0.05) is 30.4 Å². The molecule has 1 aliphatic heterocycles. The molecule has 2 aromatic rings. The first kappa shape index (κ1) is 17.2. The molecule has 5 heteroatoms. The fourth-order valence-corrected chi connectivity index (χ4v) is 3.76. The number of hydrogen-bond acceptors (Lipinski definition) is 4. The van der Waals surface area contributed by atoms with Crippen molar-refractivity contribution in [2.45, 2.75) is 19.5 Å². The van der Waals surface area contributed by atoms with Crippen LogP contribution in [0.2, 0.25) is 5.02 Å². The molecule has 126 valence electrons. The van der Waals surface area contributed by atoms with Gasteiger partial charge >= 0.3 is 0 Å². The van der Waals surface area contributed by atoms with Crippen LogP contribution in [-0.2, 0) is 13.1 Å². The summed E-state index contributed by atoms with van der Waals surface area (Å²) in [5.74, 6) is 2.00. The lowest BCUT2D eigenvalue weighted by atomic mass is 10.1. The van der Waals surface area contributed by atoms with Crippen molar-refractivity contribution < 1.29 is 4.74 Å². The number of halogens is 1. The fourth-order valence-electron chi connectivity index (χ4n) is 2.61. The molecule has 1 aliphatic rings. The third-order valence-corrected chi connectivity index (χ3v) is 5.41. The Morgan fingerprint density at radius 3 is 2.58 bits per heavy atom. The average Bonchev–Trinajstić information content (AvgIpc) is 2.64. The van der Waals surface area contributed by atoms with E-state index in [9.17, 15) is 0 Å². The monoisotopic (exact) mass is 360 g/mol. The summed E-state index contributed by atoms with van der Waals surface area (Å²) >= 11 is 8.19. The Bertz CT molecular complexity index is 703. The second-order valence-electron chi connectivity index (χ2n) is 5.66. The highest BCUT2D eigenvalue weighted by Gasteiger charge is 2.17. The van der Waals surface area contributed by atoms with Gasteiger partial charge in [-0.25, -0.2) is 0 Å². The quantitative estimate of drug-likeness (QED) is 0.762. The van der Waals surface area contributed by atoms with Crippen LogP contribution in [0.3, 0.4) is 0 Å². The Balaban J connectivity index is 1.81. The molecule has 0 aliphatic carbocycles. The largest absolute Gasteiger partial charge is 0.497 e. The Morgan fingerprint density at radius 2 is 1.92 bits per heavy atom. The molecule has 0 saturated carbocycles. The molecular formula is C19H21ClN2OS. The predicted molar refractivity (Wildman–Crippen MR) is 103 cm³/mol. The molecule has 24 heavy (non-hydrogen) atoms. The van der Waals surface area contributed by atoms with Gasteiger partial charge in [0.15, 0.2) is 5.17 Å². The van der Waals surface area contributed by atoms with Crippen LogP contribution in [0.5, 0.6) is 5.75 Å². The molecule has 0 atom stereocenters. The van der Waals surface area contributed by atoms with Crippen LogP contribution >= 0.6 is 23.4 Å². The number of ether oxygens (including phenoxy) is 1. The number of nitrogens with zero attached hydrogens (tertiary/aromatic N) is 2. The Labute approximate surface area is 152 Å². The minimum Gasteiger partial charge on any atom is -0.497 e. The number of benzene rings is 2. The third-order valence-electron chi connectivity index (χ3n) is 3.90. The van der Waals surface area contributed by atoms with Gasteiger partial charge in [-0.15, -0.1) is 0 Å². The molecule has 3 rings (SSSR count). The summed E-state index contributed by atoms with van der Waals surface area (Å²) in [6, 6.07) is 16.2. The second kappa shape index (κ2) is 8.45. The smallest absolute Gasteiger partial charge is 0.159 e. The maximum Gasteiger partial charge on any atom is 0.159 e. The van der Waals surface area contributed by atoms with Crippen molar-refractivity contribution in [3.8, 4) is 5.75 Å². The highest BCUT2D eigenvalue weighted by Crippen LogP contribution is 2.24. The summed E-state index contributed by atoms with van der Waals surface area (Å²) in [4.78, 5) is 7.04. The molecule has 0 aromatic heterocycles. The van der Waals surface area contributed by atoms with E-state index in [-0.39, 0.29) is 0 Å². The Morgan fingerprint density at radius 1 is 1.12 bits per heavy atom. The van der Waals surface area contributed by atoms with Crippen LogP contribution in [0.1, 0.15) is 17.5 Å². The van der Waals surface area contributed by atoms with Crippen molar-refractivity contribution in [1.29, 1.82) is 0 Å². The van der Waals surface area contributed by atoms with E-state index in [2.05, 4.69) is 23.1 Å². The minimum atomic E-state index is 0.761. The van der Waals surface area contributed by atoms with E-state index in [1.54, 1.807) is 7.11 Å². The maximum absolute atomic E-state index is 6.36. The molecule has 0 saturated heterocycles. The van der Waals surface area contributed by atoms with E-state index in [1.807, 2.05) is 42.1 Å². The zero-order valence-corrected chi connectivity index (χ0v) is 15.3. The van der Waals surface area contributed by atoms with Gasteiger partial charge in [0.1, 0.15) is 5.75 Å². The van der Waals surface area contributed by atoms with E-state index < -0.39 is 0 Å². The minimum absolute atomic E-state index is 0.761. The summed E-state index contributed by atoms with van der Waals surface area (Å²) in [6.45, 7) is 2.47. The zero-order valence-electron chi connectivity index (χ0n) is 13.7. The normalized spacial score (nSPS) is 14.2. The maximum atomic E-state index is 6.36. The molecular weight excluding hydrogens is 340 g/mol. The molecule has 0 radical (unpaired) electrons. The molecule has 0 amide bonds. The molecule has 0 fully saturated rings. The number of hydrogen-bond donors (Lipinski definition) is 0. The van der Waals surface area contributed by atoms with E-state index in [0.29, 0.717) is 0 Å². The predicted octanol–water partition coefficient (Wildman–Crippen LogP) is 4.84. The summed E-state index contributed by atoms with van der Waals surface area (Å²) in [6.07, 6.45) is 1.15. The molecule has 0 N–H and O–H groups in total. The van der Waals surface area contributed by atoms with Crippen molar-refractivity contribution in [2.24, 2.45) is 4.99 Å². The number of methoxy groups -OCH3 is 1. The van der Waals surface area contributed by atoms with Gasteiger partial charge < -0.3 is 9.64 Å². The highest BCUT2D eigenvalue weighted by molar-refractivity contribution is 8.13. The Kier molecular flexibility index (Phi) is 6.05. The number of aliphatic imine (C=N–C) groups is 1. The first-order chi connectivity index (χ1) is 11.8. The van der Waals surface area contributed by atoms with Crippen molar-refractivity contribution >= 4 is 28.5 Å². The molecule has 2 aromatic carbocycles. The molecule has 1 heterocycles. The first-order valence-corrected chi connectivity index (χ1v) is 9.41. The van der Waals surface area contributed by atoms with Crippen molar-refractivity contribution in [3.63, 3.8) is 0 Å². The van der Waals surface area contributed by atoms with Gasteiger partial charge in [0.25, 0.3) is 0 Å². The van der Waals surface area contributed by atoms with Crippen LogP contribution < -0.4 is 4.74 Å². The van der Waals surface area contributed by atoms with Gasteiger partial charge in [-0.1, -0.05) is 53.7 Å². The Hall–Kier alpha value is -1.65. The summed E-state index contributed by atoms with van der Waals surface area (Å²) in [5.41, 5.74) is 2.36. The number of rotatable bonds is 5. The summed E-state index contributed by atoms with van der Waals surface area (Å²) in [5, 5.41) is 1.91. The van der Waals surface area contributed by atoms with Crippen LogP contribution in [-0.4, -0.2) is 29.5 Å². The van der Waals surface area contributed by atoms with Crippen molar-refractivity contribution in [2.75, 3.05) is 19.4 Å². The SMILES string of the molecule is COc1ccc(CN(Cc2ccccc2Cl)C2=NCCCS2)cc1. The lowest BCUT2D eigenvalue weighted by Gasteiger charge is -2.28. The van der Waals surface area contributed by atoms with Crippen molar-refractivity contribution in [1.82, 2.24) is 4.90 Å². The van der Waals surface area contributed by atoms with Crippen molar-refractivity contribution in [3.05, 3.63) is 64.7 Å². The first-order valence-electron chi connectivity index (χ1n) is 8.05. The molecule has 0 spiro atoms. The van der Waals surface area contributed by atoms with E-state index in [4.69, 9.17) is 21.3 Å². The van der Waals surface area contributed by atoms with Gasteiger partial charge in [0.05, 0.1) is 7.11 Å². The van der Waals surface area contributed by atoms with Crippen LogP contribution in [0, 0.1) is 0 Å². The van der Waals surface area contributed by atoms with E-state index >= 15 is 0 Å². The zero-order chi connectivity index (χ0) is 16.8. The second-order valence-corrected chi connectivity index (χ2v) is 7.13. The van der Waals surface area contributed by atoms with Gasteiger partial charge in [0.2, 0.25) is 0 Å². The average molecular weight is 361 g/mol. The van der Waals surface area contributed by atoms with Gasteiger partial charge in [-0.05, 0) is 35.7 Å². The third kappa shape index (κ3) is 4.46. The molecule has 0 bridgehead atoms. The molecule has 0 unspecified atom stereocenters. The highest BCUT2D eigenvalue weighted by atomic mass is 35.5. The van der Waals surface area contributed by atoms with E-state index in [0.717, 1.165) is 53.3 Å². The number of thioether (sulfide) groups is 1. The molecule has 3 nitrogen and oxygen atoms in total. The fraction of sp³-hybridized carbons (Fsp3) is 0.316. The number of amidine groups is 1. The van der Waals surface area contributed by atoms with Crippen LogP contribution in [0.25, 0.3) is 0 Å².